The molecule has 3 heteroatoms. The lowest BCUT2D eigenvalue weighted by atomic mass is 9.87. The Morgan fingerprint density at radius 3 is 2.48 bits per heavy atom. The van der Waals surface area contributed by atoms with Crippen LogP contribution in [0.1, 0.15) is 43.7 Å². The first kappa shape index (κ1) is 15.6. The number of hydrogen-bond acceptors (Lipinski definition) is 2. The molecule has 0 saturated heterocycles. The molecule has 2 N–H and O–H groups in total. The van der Waals surface area contributed by atoms with Gasteiger partial charge in [0.15, 0.2) is 0 Å². The number of carbonyl (C=O) groups excluding carboxylic acids is 1. The summed E-state index contributed by atoms with van der Waals surface area (Å²) in [5.41, 5.74) is 7.30. The molecule has 0 atom stereocenters. The van der Waals surface area contributed by atoms with Crippen LogP contribution in [0.2, 0.25) is 0 Å². The van der Waals surface area contributed by atoms with Gasteiger partial charge in [-0.3, -0.25) is 4.79 Å². The fraction of sp³-hybridized carbons (Fsp3) is 0.500. The highest BCUT2D eigenvalue weighted by atomic mass is 16.2. The summed E-state index contributed by atoms with van der Waals surface area (Å²) in [5.74, 6) is 6.11. The van der Waals surface area contributed by atoms with E-state index < -0.39 is 0 Å². The Hall–Kier alpha value is -1.79. The summed E-state index contributed by atoms with van der Waals surface area (Å²) in [4.78, 5) is 14.4. The van der Waals surface area contributed by atoms with Gasteiger partial charge in [-0.2, -0.15) is 0 Å². The second-order valence-corrected chi connectivity index (χ2v) is 6.13. The third kappa shape index (κ3) is 3.86. The normalized spacial score (nSPS) is 16.1. The van der Waals surface area contributed by atoms with Gasteiger partial charge in [-0.1, -0.05) is 43.7 Å². The van der Waals surface area contributed by atoms with Gasteiger partial charge in [0.05, 0.1) is 6.54 Å². The van der Waals surface area contributed by atoms with E-state index in [-0.39, 0.29) is 11.3 Å². The van der Waals surface area contributed by atoms with Gasteiger partial charge in [-0.15, -0.1) is 0 Å². The highest BCUT2D eigenvalue weighted by Crippen LogP contribution is 2.39. The largest absolute Gasteiger partial charge is 0.341 e. The van der Waals surface area contributed by atoms with Gasteiger partial charge >= 0.3 is 0 Å². The molecule has 1 aromatic rings. The van der Waals surface area contributed by atoms with Crippen molar-refractivity contribution in [1.29, 1.82) is 0 Å². The topological polar surface area (TPSA) is 46.3 Å². The van der Waals surface area contributed by atoms with Crippen molar-refractivity contribution in [2.75, 3.05) is 13.6 Å². The smallest absolute Gasteiger partial charge is 0.228 e. The Morgan fingerprint density at radius 1 is 1.29 bits per heavy atom. The predicted octanol–water partition coefficient (Wildman–Crippen LogP) is 2.54. The van der Waals surface area contributed by atoms with Crippen LogP contribution in [0.5, 0.6) is 0 Å². The molecule has 0 radical (unpaired) electrons. The van der Waals surface area contributed by atoms with Crippen molar-refractivity contribution >= 4 is 5.91 Å². The average Bonchev–Trinajstić information content (AvgIpc) is 2.93. The molecule has 21 heavy (non-hydrogen) atoms. The Morgan fingerprint density at radius 2 is 1.90 bits per heavy atom. The van der Waals surface area contributed by atoms with Gasteiger partial charge < -0.3 is 10.6 Å². The monoisotopic (exact) mass is 284 g/mol. The summed E-state index contributed by atoms with van der Waals surface area (Å²) < 4.78 is 0. The summed E-state index contributed by atoms with van der Waals surface area (Å²) in [6.45, 7) is 3.13. The zero-order chi connectivity index (χ0) is 15.3. The van der Waals surface area contributed by atoms with E-state index in [0.717, 1.165) is 24.0 Å². The minimum absolute atomic E-state index is 0.151. The maximum Gasteiger partial charge on any atom is 0.228 e. The SMILES string of the molecule is CN(Cc1ccc(C#CCN)cc1)C(=O)C1(C)CCCC1. The van der Waals surface area contributed by atoms with Crippen molar-refractivity contribution in [3.8, 4) is 11.8 Å². The molecule has 0 unspecified atom stereocenters. The van der Waals surface area contributed by atoms with Crippen molar-refractivity contribution in [3.63, 3.8) is 0 Å². The number of benzene rings is 1. The van der Waals surface area contributed by atoms with E-state index in [1.54, 1.807) is 0 Å². The molecule has 0 spiro atoms. The molecule has 0 aliphatic heterocycles. The van der Waals surface area contributed by atoms with Crippen molar-refractivity contribution in [2.45, 2.75) is 39.2 Å². The second kappa shape index (κ2) is 6.78. The molecule has 3 nitrogen and oxygen atoms in total. The lowest BCUT2D eigenvalue weighted by Gasteiger charge is -2.29. The summed E-state index contributed by atoms with van der Waals surface area (Å²) >= 11 is 0. The van der Waals surface area contributed by atoms with E-state index in [9.17, 15) is 4.79 Å². The van der Waals surface area contributed by atoms with Crippen molar-refractivity contribution in [2.24, 2.45) is 11.1 Å². The van der Waals surface area contributed by atoms with Crippen LogP contribution in [0.3, 0.4) is 0 Å². The Labute approximate surface area is 127 Å². The summed E-state index contributed by atoms with van der Waals surface area (Å²) in [6.07, 6.45) is 4.38. The van der Waals surface area contributed by atoms with E-state index in [2.05, 4.69) is 18.8 Å². The molecule has 1 aliphatic rings. The molecular formula is C18H24N2O. The van der Waals surface area contributed by atoms with E-state index in [1.807, 2.05) is 36.2 Å². The Kier molecular flexibility index (Phi) is 5.03. The summed E-state index contributed by atoms with van der Waals surface area (Å²) in [6, 6.07) is 8.02. The van der Waals surface area contributed by atoms with Gasteiger partial charge in [0.1, 0.15) is 0 Å². The lowest BCUT2D eigenvalue weighted by Crippen LogP contribution is -2.38. The molecule has 1 fully saturated rings. The maximum absolute atomic E-state index is 12.6. The lowest BCUT2D eigenvalue weighted by molar-refractivity contribution is -0.140. The summed E-state index contributed by atoms with van der Waals surface area (Å²) in [5, 5.41) is 0. The maximum atomic E-state index is 12.6. The number of hydrogen-bond donors (Lipinski definition) is 1. The number of rotatable bonds is 3. The molecule has 0 aromatic heterocycles. The molecule has 0 bridgehead atoms. The van der Waals surface area contributed by atoms with Crippen LogP contribution in [0.15, 0.2) is 24.3 Å². The van der Waals surface area contributed by atoms with Crippen LogP contribution >= 0.6 is 0 Å². The van der Waals surface area contributed by atoms with Gasteiger partial charge in [0.25, 0.3) is 0 Å². The van der Waals surface area contributed by atoms with Gasteiger partial charge in [0, 0.05) is 24.6 Å². The molecular weight excluding hydrogens is 260 g/mol. The van der Waals surface area contributed by atoms with E-state index in [0.29, 0.717) is 13.1 Å². The first-order valence-electron chi connectivity index (χ1n) is 7.59. The third-order valence-corrected chi connectivity index (χ3v) is 4.28. The minimum Gasteiger partial charge on any atom is -0.341 e. The van der Waals surface area contributed by atoms with Crippen LogP contribution in [0, 0.1) is 17.3 Å². The van der Waals surface area contributed by atoms with E-state index >= 15 is 0 Å². The standard InChI is InChI=1S/C18H24N2O/c1-18(11-3-4-12-18)17(21)20(2)14-16-9-7-15(8-10-16)6-5-13-19/h7-10H,3-4,11-14,19H2,1-2H3. The predicted molar refractivity (Wildman–Crippen MR) is 85.4 cm³/mol. The van der Waals surface area contributed by atoms with Crippen molar-refractivity contribution in [1.82, 2.24) is 4.90 Å². The van der Waals surface area contributed by atoms with Crippen LogP contribution in [-0.4, -0.2) is 24.4 Å². The summed E-state index contributed by atoms with van der Waals surface area (Å²) in [7, 11) is 1.90. The molecule has 2 rings (SSSR count). The number of amides is 1. The second-order valence-electron chi connectivity index (χ2n) is 6.13. The van der Waals surface area contributed by atoms with Crippen molar-refractivity contribution < 1.29 is 4.79 Å². The van der Waals surface area contributed by atoms with Gasteiger partial charge in [-0.25, -0.2) is 0 Å². The van der Waals surface area contributed by atoms with Crippen molar-refractivity contribution in [3.05, 3.63) is 35.4 Å². The zero-order valence-electron chi connectivity index (χ0n) is 13.0. The minimum atomic E-state index is -0.151. The van der Waals surface area contributed by atoms with Crippen LogP contribution in [0.4, 0.5) is 0 Å². The molecule has 1 saturated carbocycles. The number of carbonyl (C=O) groups is 1. The first-order chi connectivity index (χ1) is 10.0. The quantitative estimate of drug-likeness (QED) is 0.867. The first-order valence-corrected chi connectivity index (χ1v) is 7.59. The molecule has 1 aliphatic carbocycles. The van der Waals surface area contributed by atoms with E-state index in [1.165, 1.54) is 12.8 Å². The van der Waals surface area contributed by atoms with Gasteiger partial charge in [-0.05, 0) is 30.5 Å². The zero-order valence-corrected chi connectivity index (χ0v) is 13.0. The van der Waals surface area contributed by atoms with Crippen LogP contribution in [0.25, 0.3) is 0 Å². The highest BCUT2D eigenvalue weighted by molar-refractivity contribution is 5.82. The Bertz CT molecular complexity index is 545. The van der Waals surface area contributed by atoms with Gasteiger partial charge in [0.2, 0.25) is 5.91 Å². The average molecular weight is 284 g/mol. The van der Waals surface area contributed by atoms with Crippen LogP contribution in [-0.2, 0) is 11.3 Å². The molecule has 1 aromatic carbocycles. The number of nitrogens with zero attached hydrogens (tertiary/aromatic N) is 1. The molecule has 1 amide bonds. The third-order valence-electron chi connectivity index (χ3n) is 4.28. The Balaban J connectivity index is 1.99. The van der Waals surface area contributed by atoms with Crippen LogP contribution < -0.4 is 5.73 Å². The highest BCUT2D eigenvalue weighted by Gasteiger charge is 2.37. The fourth-order valence-electron chi connectivity index (χ4n) is 3.02. The van der Waals surface area contributed by atoms with E-state index in [4.69, 9.17) is 5.73 Å². The molecule has 0 heterocycles. The fourth-order valence-corrected chi connectivity index (χ4v) is 3.02. The molecule has 112 valence electrons. The number of nitrogens with two attached hydrogens (primary N) is 1.